The number of hydrogen-bond acceptors (Lipinski definition) is 2. The van der Waals surface area contributed by atoms with Crippen LogP contribution in [0, 0.1) is 0 Å². The molecule has 0 aliphatic carbocycles. The first-order chi connectivity index (χ1) is 14.4. The Kier molecular flexibility index (Phi) is 15.0. The van der Waals surface area contributed by atoms with Crippen LogP contribution in [0.25, 0.3) is 10.2 Å². The molecule has 192 valence electrons. The first-order valence-corrected chi connectivity index (χ1v) is 15.0. The zero-order chi connectivity index (χ0) is 24.8. The van der Waals surface area contributed by atoms with Crippen LogP contribution in [0.15, 0.2) is 0 Å². The van der Waals surface area contributed by atoms with Gasteiger partial charge in [-0.05, 0) is 67.2 Å². The number of hydrogen-bond donors (Lipinski definition) is 2. The Morgan fingerprint density at radius 2 is 0.758 bits per heavy atom. The summed E-state index contributed by atoms with van der Waals surface area (Å²) in [5.74, 6) is 0. The summed E-state index contributed by atoms with van der Waals surface area (Å²) in [5, 5.41) is 10.5. The first kappa shape index (κ1) is 34.4. The van der Waals surface area contributed by atoms with E-state index in [2.05, 4.69) is 83.1 Å². The second-order valence-corrected chi connectivity index (χ2v) is 17.1. The Balaban J connectivity index is 0.000000754. The summed E-state index contributed by atoms with van der Waals surface area (Å²) >= 11 is 0. The van der Waals surface area contributed by atoms with E-state index in [-0.39, 0.29) is 45.2 Å². The quantitative estimate of drug-likeness (QED) is 0.382. The van der Waals surface area contributed by atoms with Gasteiger partial charge in [0.1, 0.15) is 0 Å². The second-order valence-electron chi connectivity index (χ2n) is 13.0. The molecule has 0 bridgehead atoms. The van der Waals surface area contributed by atoms with Crippen molar-refractivity contribution in [2.45, 2.75) is 131 Å². The molecule has 0 unspecified atom stereocenters. The van der Waals surface area contributed by atoms with Gasteiger partial charge >= 0.3 is 23.1 Å². The Labute approximate surface area is 225 Å². The molecule has 0 radical (unpaired) electrons. The fourth-order valence-electron chi connectivity index (χ4n) is 3.42. The van der Waals surface area contributed by atoms with E-state index in [0.29, 0.717) is 0 Å². The monoisotopic (exact) mass is 516 g/mol. The molecule has 3 saturated heterocycles. The van der Waals surface area contributed by atoms with Crippen LogP contribution in [0.5, 0.6) is 0 Å². The van der Waals surface area contributed by atoms with Crippen molar-refractivity contribution in [3.05, 3.63) is 10.2 Å². The molecule has 0 aromatic carbocycles. The van der Waals surface area contributed by atoms with Gasteiger partial charge in [0, 0.05) is 26.4 Å². The molecule has 0 saturated carbocycles. The SMILES string of the molecule is C1CCOC1.C1CCOC1.CC(C)(C)[N-]P1[NH+](C(C)(C)C)P([N-]C(C)(C)C)[NH+]1C(C)(C)C.[Mg+2]. The minimum atomic E-state index is -0.488. The molecule has 0 spiro atoms. The van der Waals surface area contributed by atoms with E-state index in [9.17, 15) is 0 Å². The van der Waals surface area contributed by atoms with Crippen molar-refractivity contribution in [3.63, 3.8) is 0 Å². The van der Waals surface area contributed by atoms with E-state index in [1.165, 1.54) is 25.7 Å². The molecule has 0 amide bonds. The van der Waals surface area contributed by atoms with Gasteiger partial charge in [-0.15, -0.1) is 11.1 Å². The molecule has 3 fully saturated rings. The van der Waals surface area contributed by atoms with Gasteiger partial charge in [0.05, 0.1) is 11.1 Å². The number of rotatable bonds is 2. The Hall–Kier alpha value is 1.39. The Bertz CT molecular complexity index is 463. The summed E-state index contributed by atoms with van der Waals surface area (Å²) in [4.78, 5) is 0. The summed E-state index contributed by atoms with van der Waals surface area (Å²) in [6.07, 6.45) is 5.11. The van der Waals surface area contributed by atoms with E-state index < -0.39 is 16.7 Å². The summed E-state index contributed by atoms with van der Waals surface area (Å²) in [6, 6.07) is 0. The molecule has 2 N–H and O–H groups in total. The van der Waals surface area contributed by atoms with Crippen molar-refractivity contribution in [2.75, 3.05) is 26.4 Å². The van der Waals surface area contributed by atoms with Crippen molar-refractivity contribution in [2.24, 2.45) is 0 Å². The Morgan fingerprint density at radius 1 is 0.515 bits per heavy atom. The summed E-state index contributed by atoms with van der Waals surface area (Å²) in [6.45, 7) is 31.3. The molecule has 3 aliphatic heterocycles. The molecule has 0 aromatic rings. The number of nitrogens with one attached hydrogen (secondary N) is 2. The number of quaternary nitrogens is 2. The van der Waals surface area contributed by atoms with Gasteiger partial charge in [-0.1, -0.05) is 41.5 Å². The van der Waals surface area contributed by atoms with Crippen molar-refractivity contribution in [1.29, 1.82) is 0 Å². The summed E-state index contributed by atoms with van der Waals surface area (Å²) in [5.41, 5.74) is 0.412. The van der Waals surface area contributed by atoms with Crippen molar-refractivity contribution < 1.29 is 18.4 Å². The molecule has 3 heterocycles. The van der Waals surface area contributed by atoms with Gasteiger partial charge in [0.2, 0.25) is 16.7 Å². The minimum Gasteiger partial charge on any atom is -0.523 e. The molecule has 3 rings (SSSR count). The Morgan fingerprint density at radius 3 is 0.879 bits per heavy atom. The summed E-state index contributed by atoms with van der Waals surface area (Å²) < 4.78 is 13.1. The zero-order valence-corrected chi connectivity index (χ0v) is 27.2. The van der Waals surface area contributed by atoms with Crippen LogP contribution in [-0.4, -0.2) is 71.6 Å². The molecule has 0 aromatic heterocycles. The van der Waals surface area contributed by atoms with Crippen LogP contribution < -0.4 is 8.88 Å². The largest absolute Gasteiger partial charge is 2.00 e. The number of ether oxygens (including phenoxy) is 2. The fraction of sp³-hybridized carbons (Fsp3) is 1.00. The van der Waals surface area contributed by atoms with Gasteiger partial charge in [0.25, 0.3) is 0 Å². The second kappa shape index (κ2) is 14.4. The molecule has 0 atom stereocenters. The predicted octanol–water partition coefficient (Wildman–Crippen LogP) is 5.38. The van der Waals surface area contributed by atoms with Crippen molar-refractivity contribution in [3.8, 4) is 0 Å². The third-order valence-corrected chi connectivity index (χ3v) is 12.8. The van der Waals surface area contributed by atoms with E-state index >= 15 is 0 Å². The smallest absolute Gasteiger partial charge is 0.523 e. The van der Waals surface area contributed by atoms with Crippen molar-refractivity contribution in [1.82, 2.24) is 0 Å². The minimum absolute atomic E-state index is 0. The van der Waals surface area contributed by atoms with Gasteiger partial charge in [-0.2, -0.15) is 0 Å². The van der Waals surface area contributed by atoms with E-state index in [1.54, 1.807) is 8.88 Å². The average Bonchev–Trinajstić information content (AvgIpc) is 3.27. The standard InChI is InChI=1S/C16H36N4P2.2C4H8O.Mg/c1-13(2,3)17-21-19(15(7,8)9)22(18-14(4,5)6)20(21)16(10,11)12;2*1-2-4-5-3-1;/h1-12H3;2*1-4H2;/q-2;;;+2/p+2. The van der Waals surface area contributed by atoms with Crippen molar-refractivity contribution >= 4 is 39.8 Å². The summed E-state index contributed by atoms with van der Waals surface area (Å²) in [7, 11) is -0.975. The van der Waals surface area contributed by atoms with Crippen LogP contribution in [0.3, 0.4) is 0 Å². The maximum atomic E-state index is 5.24. The van der Waals surface area contributed by atoms with Crippen LogP contribution >= 0.6 is 16.7 Å². The third kappa shape index (κ3) is 13.5. The van der Waals surface area contributed by atoms with E-state index in [0.717, 1.165) is 26.4 Å². The molecule has 6 nitrogen and oxygen atoms in total. The van der Waals surface area contributed by atoms with Gasteiger partial charge < -0.3 is 19.6 Å². The fourth-order valence-corrected chi connectivity index (χ4v) is 10.4. The topological polar surface area (TPSA) is 55.5 Å². The van der Waals surface area contributed by atoms with Crippen LogP contribution in [0.2, 0.25) is 0 Å². The molecule has 9 heteroatoms. The van der Waals surface area contributed by atoms with Crippen LogP contribution in [0.4, 0.5) is 0 Å². The molecule has 33 heavy (non-hydrogen) atoms. The van der Waals surface area contributed by atoms with E-state index in [4.69, 9.17) is 19.6 Å². The maximum Gasteiger partial charge on any atom is 2.00 e. The number of nitrogens with zero attached hydrogens (tertiary/aromatic N) is 2. The van der Waals surface area contributed by atoms with Gasteiger partial charge in [0.15, 0.2) is 0 Å². The van der Waals surface area contributed by atoms with E-state index in [1.807, 2.05) is 0 Å². The van der Waals surface area contributed by atoms with Gasteiger partial charge in [-0.25, -0.2) is 8.88 Å². The average molecular weight is 517 g/mol. The third-order valence-electron chi connectivity index (χ3n) is 4.60. The predicted molar refractivity (Wildman–Crippen MR) is 147 cm³/mol. The molecular weight excluding hydrogens is 463 g/mol. The van der Waals surface area contributed by atoms with Crippen LogP contribution in [0.1, 0.15) is 109 Å². The molecule has 3 aliphatic rings. The normalized spacial score (nSPS) is 28.0. The van der Waals surface area contributed by atoms with Crippen LogP contribution in [-0.2, 0) is 9.47 Å². The first-order valence-electron chi connectivity index (χ1n) is 12.4. The zero-order valence-electron chi connectivity index (χ0n) is 24.0. The van der Waals surface area contributed by atoms with Gasteiger partial charge in [-0.3, -0.25) is 0 Å². The molecular formula is C24H54MgN4O2P2+2. The maximum absolute atomic E-state index is 5.24.